The van der Waals surface area contributed by atoms with E-state index in [0.717, 1.165) is 37.9 Å². The van der Waals surface area contributed by atoms with Crippen LogP contribution in [0.25, 0.3) is 0 Å². The molecule has 0 saturated carbocycles. The number of benzene rings is 2. The molecule has 174 valence electrons. The maximum atomic E-state index is 13.6. The third-order valence-corrected chi connectivity index (χ3v) is 6.60. The zero-order chi connectivity index (χ0) is 23.4. The summed E-state index contributed by atoms with van der Waals surface area (Å²) in [5.41, 5.74) is 2.43. The van der Waals surface area contributed by atoms with Gasteiger partial charge in [0.2, 0.25) is 0 Å². The van der Waals surface area contributed by atoms with Crippen molar-refractivity contribution in [2.45, 2.75) is 31.8 Å². The van der Waals surface area contributed by atoms with Crippen LogP contribution in [0.4, 0.5) is 8.78 Å². The number of piperidine rings is 1. The zero-order valence-corrected chi connectivity index (χ0v) is 19.1. The monoisotopic (exact) mass is 452 g/mol. The van der Waals surface area contributed by atoms with Gasteiger partial charge in [-0.1, -0.05) is 36.4 Å². The summed E-state index contributed by atoms with van der Waals surface area (Å²) < 4.78 is 28.5. The molecule has 0 aliphatic carbocycles. The number of hydrogen-bond donors (Lipinski definition) is 0. The molecule has 0 spiro atoms. The van der Waals surface area contributed by atoms with Gasteiger partial charge in [0.25, 0.3) is 5.91 Å². The highest BCUT2D eigenvalue weighted by atomic mass is 19.2. The van der Waals surface area contributed by atoms with E-state index in [1.54, 1.807) is 30.1 Å². The normalized spacial score (nSPS) is 16.0. The number of rotatable bonds is 7. The Labute approximate surface area is 193 Å². The second-order valence-corrected chi connectivity index (χ2v) is 8.91. The molecule has 7 heteroatoms. The van der Waals surface area contributed by atoms with Gasteiger partial charge in [0.1, 0.15) is 5.69 Å². The quantitative estimate of drug-likeness (QED) is 0.537. The van der Waals surface area contributed by atoms with E-state index in [1.165, 1.54) is 17.7 Å². The fourth-order valence-electron chi connectivity index (χ4n) is 4.73. The maximum absolute atomic E-state index is 13.6. The summed E-state index contributed by atoms with van der Waals surface area (Å²) in [7, 11) is 3.68. The minimum Gasteiger partial charge on any atom is -0.337 e. The number of aryl methyl sites for hydroxylation is 1. The molecule has 1 amide bonds. The predicted octanol–water partition coefficient (Wildman–Crippen LogP) is 4.29. The van der Waals surface area contributed by atoms with Crippen molar-refractivity contribution < 1.29 is 13.6 Å². The van der Waals surface area contributed by atoms with Crippen molar-refractivity contribution >= 4 is 5.91 Å². The van der Waals surface area contributed by atoms with Gasteiger partial charge in [-0.2, -0.15) is 5.10 Å². The van der Waals surface area contributed by atoms with Crippen LogP contribution in [0.1, 0.15) is 34.5 Å². The summed E-state index contributed by atoms with van der Waals surface area (Å²) in [5.74, 6) is -1.35. The highest BCUT2D eigenvalue weighted by Gasteiger charge is 2.32. The number of likely N-dealkylation sites (N-methyl/N-ethyl adjacent to an activating group) is 1. The van der Waals surface area contributed by atoms with Crippen LogP contribution in [-0.4, -0.2) is 51.7 Å². The van der Waals surface area contributed by atoms with Crippen LogP contribution in [0, 0.1) is 17.6 Å². The van der Waals surface area contributed by atoms with Crippen LogP contribution in [0.15, 0.2) is 60.8 Å². The number of aromatic nitrogens is 2. The van der Waals surface area contributed by atoms with Gasteiger partial charge in [-0.25, -0.2) is 8.78 Å². The van der Waals surface area contributed by atoms with Crippen molar-refractivity contribution in [2.75, 3.05) is 20.1 Å². The summed E-state index contributed by atoms with van der Waals surface area (Å²) in [6.45, 7) is 2.29. The van der Waals surface area contributed by atoms with Gasteiger partial charge >= 0.3 is 0 Å². The Bertz CT molecular complexity index is 1080. The molecule has 1 unspecified atom stereocenters. The molecule has 1 fully saturated rings. The van der Waals surface area contributed by atoms with Crippen molar-refractivity contribution in [3.8, 4) is 0 Å². The topological polar surface area (TPSA) is 41.4 Å². The van der Waals surface area contributed by atoms with E-state index < -0.39 is 11.6 Å². The molecule has 4 rings (SSSR count). The fraction of sp³-hybridized carbons (Fsp3) is 0.385. The summed E-state index contributed by atoms with van der Waals surface area (Å²) >= 11 is 0. The van der Waals surface area contributed by atoms with Gasteiger partial charge < -0.3 is 4.90 Å². The number of likely N-dealkylation sites (tertiary alicyclic amines) is 1. The first kappa shape index (κ1) is 23.1. The van der Waals surface area contributed by atoms with Crippen LogP contribution in [0.5, 0.6) is 0 Å². The second-order valence-electron chi connectivity index (χ2n) is 8.91. The molecular weight excluding hydrogens is 422 g/mol. The molecule has 1 aromatic heterocycles. The SMILES string of the molecule is CN(C(=O)c1ccn(C)n1)C(Cc1ccccc1)C1CCN(Cc2ccc(F)c(F)c2)CC1. The average molecular weight is 453 g/mol. The lowest BCUT2D eigenvalue weighted by Crippen LogP contribution is -2.47. The Kier molecular flexibility index (Phi) is 7.18. The highest BCUT2D eigenvalue weighted by molar-refractivity contribution is 5.92. The predicted molar refractivity (Wildman–Crippen MR) is 124 cm³/mol. The Morgan fingerprint density at radius 2 is 1.79 bits per heavy atom. The van der Waals surface area contributed by atoms with Crippen LogP contribution in [0.3, 0.4) is 0 Å². The number of carbonyl (C=O) groups excluding carboxylic acids is 1. The number of amides is 1. The van der Waals surface area contributed by atoms with E-state index in [0.29, 0.717) is 18.2 Å². The highest BCUT2D eigenvalue weighted by Crippen LogP contribution is 2.28. The van der Waals surface area contributed by atoms with Crippen LogP contribution >= 0.6 is 0 Å². The Balaban J connectivity index is 1.45. The van der Waals surface area contributed by atoms with E-state index in [1.807, 2.05) is 30.1 Å². The molecule has 1 aliphatic heterocycles. The fourth-order valence-corrected chi connectivity index (χ4v) is 4.73. The maximum Gasteiger partial charge on any atom is 0.274 e. The third-order valence-electron chi connectivity index (χ3n) is 6.60. The van der Waals surface area contributed by atoms with Gasteiger partial charge in [-0.05, 0) is 67.6 Å². The molecule has 5 nitrogen and oxygen atoms in total. The lowest BCUT2D eigenvalue weighted by Gasteiger charge is -2.40. The van der Waals surface area contributed by atoms with Gasteiger partial charge in [0, 0.05) is 32.9 Å². The van der Waals surface area contributed by atoms with Crippen molar-refractivity contribution in [1.29, 1.82) is 0 Å². The third kappa shape index (κ3) is 5.66. The Hall–Kier alpha value is -3.06. The summed E-state index contributed by atoms with van der Waals surface area (Å²) in [4.78, 5) is 17.3. The standard InChI is InChI=1S/C26H30F2N4O/c1-30-13-12-24(29-30)26(33)31(2)25(17-19-6-4-3-5-7-19)21-10-14-32(15-11-21)18-20-8-9-22(27)23(28)16-20/h3-9,12-13,16,21,25H,10-11,14-15,17-18H2,1-2H3. The molecule has 3 aromatic rings. The molecule has 33 heavy (non-hydrogen) atoms. The van der Waals surface area contributed by atoms with Gasteiger partial charge in [0.15, 0.2) is 11.6 Å². The van der Waals surface area contributed by atoms with E-state index in [-0.39, 0.29) is 11.9 Å². The Morgan fingerprint density at radius 1 is 1.06 bits per heavy atom. The van der Waals surface area contributed by atoms with Gasteiger partial charge in [-0.3, -0.25) is 14.4 Å². The number of carbonyl (C=O) groups is 1. The van der Waals surface area contributed by atoms with E-state index in [4.69, 9.17) is 0 Å². The van der Waals surface area contributed by atoms with Crippen LogP contribution < -0.4 is 0 Å². The first-order valence-corrected chi connectivity index (χ1v) is 11.4. The summed E-state index contributed by atoms with van der Waals surface area (Å²) in [6, 6.07) is 16.2. The van der Waals surface area contributed by atoms with Gasteiger partial charge in [-0.15, -0.1) is 0 Å². The zero-order valence-electron chi connectivity index (χ0n) is 19.1. The van der Waals surface area contributed by atoms with E-state index >= 15 is 0 Å². The number of nitrogens with zero attached hydrogens (tertiary/aromatic N) is 4. The molecule has 0 bridgehead atoms. The summed E-state index contributed by atoms with van der Waals surface area (Å²) in [6.07, 6.45) is 4.43. The molecule has 1 saturated heterocycles. The lowest BCUT2D eigenvalue weighted by atomic mass is 9.84. The molecule has 0 N–H and O–H groups in total. The Morgan fingerprint density at radius 3 is 2.42 bits per heavy atom. The average Bonchev–Trinajstić information content (AvgIpc) is 3.26. The van der Waals surface area contributed by atoms with E-state index in [2.05, 4.69) is 22.1 Å². The first-order chi connectivity index (χ1) is 15.9. The molecule has 1 aliphatic rings. The molecule has 2 heterocycles. The lowest BCUT2D eigenvalue weighted by molar-refractivity contribution is 0.0579. The smallest absolute Gasteiger partial charge is 0.274 e. The van der Waals surface area contributed by atoms with E-state index in [9.17, 15) is 13.6 Å². The second kappa shape index (κ2) is 10.3. The minimum atomic E-state index is -0.818. The minimum absolute atomic E-state index is 0.0484. The molecular formula is C26H30F2N4O. The van der Waals surface area contributed by atoms with Crippen molar-refractivity contribution in [2.24, 2.45) is 13.0 Å². The number of halogens is 2. The van der Waals surface area contributed by atoms with Crippen molar-refractivity contribution in [1.82, 2.24) is 19.6 Å². The van der Waals surface area contributed by atoms with Gasteiger partial charge in [0.05, 0.1) is 0 Å². The largest absolute Gasteiger partial charge is 0.337 e. The molecule has 0 radical (unpaired) electrons. The van der Waals surface area contributed by atoms with Crippen molar-refractivity contribution in [3.63, 3.8) is 0 Å². The first-order valence-electron chi connectivity index (χ1n) is 11.4. The summed E-state index contributed by atoms with van der Waals surface area (Å²) in [5, 5.41) is 4.30. The molecule has 1 atom stereocenters. The van der Waals surface area contributed by atoms with Crippen LogP contribution in [0.2, 0.25) is 0 Å². The molecule has 2 aromatic carbocycles. The van der Waals surface area contributed by atoms with Crippen LogP contribution in [-0.2, 0) is 20.0 Å². The van der Waals surface area contributed by atoms with Crippen molar-refractivity contribution in [3.05, 3.63) is 89.2 Å². The number of hydrogen-bond acceptors (Lipinski definition) is 3.